The molecule has 1 aromatic carbocycles. The van der Waals surface area contributed by atoms with Crippen LogP contribution in [0.1, 0.15) is 23.7 Å². The maximum atomic E-state index is 11.4. The van der Waals surface area contributed by atoms with Crippen LogP contribution in [0.3, 0.4) is 0 Å². The molecule has 1 aromatic rings. The molecule has 0 spiro atoms. The lowest BCUT2D eigenvalue weighted by Crippen LogP contribution is -2.19. The fourth-order valence-electron chi connectivity index (χ4n) is 1.61. The summed E-state index contributed by atoms with van der Waals surface area (Å²) in [5, 5.41) is 0. The van der Waals surface area contributed by atoms with Gasteiger partial charge in [-0.25, -0.2) is 13.2 Å². The zero-order chi connectivity index (χ0) is 15.2. The first kappa shape index (κ1) is 16.8. The lowest BCUT2D eigenvalue weighted by molar-refractivity contribution is 0.0600. The van der Waals surface area contributed by atoms with Gasteiger partial charge in [0.05, 0.1) is 25.0 Å². The molecule has 0 radical (unpaired) electrons. The molecule has 0 fully saturated rings. The van der Waals surface area contributed by atoms with Crippen molar-refractivity contribution in [1.82, 2.24) is 0 Å². The van der Waals surface area contributed by atoms with Crippen molar-refractivity contribution in [2.45, 2.75) is 13.3 Å². The molecule has 7 heteroatoms. The Morgan fingerprint density at radius 1 is 1.40 bits per heavy atom. The van der Waals surface area contributed by atoms with E-state index in [9.17, 15) is 13.2 Å². The van der Waals surface area contributed by atoms with Crippen LogP contribution in [0.25, 0.3) is 0 Å². The SMILES string of the molecule is CCC(COc1cccc(C(=O)OC)c1)CS(=O)(=O)Cl. The van der Waals surface area contributed by atoms with Crippen molar-refractivity contribution in [3.05, 3.63) is 29.8 Å². The summed E-state index contributed by atoms with van der Waals surface area (Å²) in [6.07, 6.45) is 0.628. The van der Waals surface area contributed by atoms with E-state index in [-0.39, 0.29) is 18.3 Å². The third-order valence-electron chi connectivity index (χ3n) is 2.75. The summed E-state index contributed by atoms with van der Waals surface area (Å²) in [6, 6.07) is 6.52. The van der Waals surface area contributed by atoms with Crippen LogP contribution in [-0.4, -0.2) is 33.9 Å². The fraction of sp³-hybridized carbons (Fsp3) is 0.462. The van der Waals surface area contributed by atoms with Gasteiger partial charge in [0, 0.05) is 16.6 Å². The molecule has 112 valence electrons. The van der Waals surface area contributed by atoms with Crippen molar-refractivity contribution >= 4 is 25.7 Å². The predicted molar refractivity (Wildman–Crippen MR) is 76.7 cm³/mol. The Bertz CT molecular complexity index is 556. The summed E-state index contributed by atoms with van der Waals surface area (Å²) in [5.41, 5.74) is 0.378. The van der Waals surface area contributed by atoms with E-state index in [4.69, 9.17) is 15.4 Å². The quantitative estimate of drug-likeness (QED) is 0.570. The number of hydrogen-bond acceptors (Lipinski definition) is 5. The summed E-state index contributed by atoms with van der Waals surface area (Å²) >= 11 is 0. The number of benzene rings is 1. The maximum absolute atomic E-state index is 11.4. The second-order valence-electron chi connectivity index (χ2n) is 4.31. The molecule has 0 bridgehead atoms. The lowest BCUT2D eigenvalue weighted by atomic mass is 10.1. The van der Waals surface area contributed by atoms with E-state index in [2.05, 4.69) is 4.74 Å². The van der Waals surface area contributed by atoms with Gasteiger partial charge in [-0.05, 0) is 24.6 Å². The maximum Gasteiger partial charge on any atom is 0.337 e. The van der Waals surface area contributed by atoms with Crippen molar-refractivity contribution in [2.75, 3.05) is 19.5 Å². The first-order valence-corrected chi connectivity index (χ1v) is 8.57. The van der Waals surface area contributed by atoms with Gasteiger partial charge in [0.15, 0.2) is 0 Å². The number of carbonyl (C=O) groups excluding carboxylic acids is 1. The number of ether oxygens (including phenoxy) is 2. The van der Waals surface area contributed by atoms with Gasteiger partial charge < -0.3 is 9.47 Å². The highest BCUT2D eigenvalue weighted by Crippen LogP contribution is 2.17. The molecule has 0 aromatic heterocycles. The Hall–Kier alpha value is -1.27. The van der Waals surface area contributed by atoms with Gasteiger partial charge in [0.2, 0.25) is 9.05 Å². The van der Waals surface area contributed by atoms with Crippen LogP contribution in [0.2, 0.25) is 0 Å². The number of esters is 1. The van der Waals surface area contributed by atoms with E-state index < -0.39 is 15.0 Å². The second kappa shape index (κ2) is 7.50. The van der Waals surface area contributed by atoms with Gasteiger partial charge in [-0.1, -0.05) is 13.0 Å². The first-order valence-electron chi connectivity index (χ1n) is 6.09. The highest BCUT2D eigenvalue weighted by Gasteiger charge is 2.16. The van der Waals surface area contributed by atoms with Crippen molar-refractivity contribution in [1.29, 1.82) is 0 Å². The van der Waals surface area contributed by atoms with E-state index in [0.717, 1.165) is 0 Å². The zero-order valence-electron chi connectivity index (χ0n) is 11.3. The number of halogens is 1. The summed E-state index contributed by atoms with van der Waals surface area (Å²) < 4.78 is 32.2. The molecule has 0 aliphatic carbocycles. The van der Waals surface area contributed by atoms with Crippen molar-refractivity contribution < 1.29 is 22.7 Å². The largest absolute Gasteiger partial charge is 0.493 e. The average Bonchev–Trinajstić information content (AvgIpc) is 2.41. The molecule has 0 amide bonds. The molecule has 0 heterocycles. The number of hydrogen-bond donors (Lipinski definition) is 0. The van der Waals surface area contributed by atoms with Gasteiger partial charge >= 0.3 is 5.97 Å². The fourth-order valence-corrected chi connectivity index (χ4v) is 3.04. The Balaban J connectivity index is 2.67. The minimum absolute atomic E-state index is 0.137. The smallest absolute Gasteiger partial charge is 0.337 e. The van der Waals surface area contributed by atoms with Gasteiger partial charge in [-0.3, -0.25) is 0 Å². The van der Waals surface area contributed by atoms with Crippen molar-refractivity contribution in [2.24, 2.45) is 5.92 Å². The molecule has 5 nitrogen and oxygen atoms in total. The second-order valence-corrected chi connectivity index (χ2v) is 7.13. The Morgan fingerprint density at radius 3 is 2.65 bits per heavy atom. The molecule has 1 rings (SSSR count). The van der Waals surface area contributed by atoms with Crippen LogP contribution in [0.4, 0.5) is 0 Å². The average molecular weight is 321 g/mol. The molecule has 0 N–H and O–H groups in total. The molecule has 1 atom stereocenters. The van der Waals surface area contributed by atoms with E-state index >= 15 is 0 Å². The monoisotopic (exact) mass is 320 g/mol. The summed E-state index contributed by atoms with van der Waals surface area (Å²) in [5.74, 6) is -0.301. The third-order valence-corrected chi connectivity index (χ3v) is 4.00. The van der Waals surface area contributed by atoms with E-state index in [1.54, 1.807) is 24.3 Å². The Labute approximate surface area is 123 Å². The highest BCUT2D eigenvalue weighted by molar-refractivity contribution is 8.13. The van der Waals surface area contributed by atoms with Crippen LogP contribution in [0.5, 0.6) is 5.75 Å². The van der Waals surface area contributed by atoms with Gasteiger partial charge in [0.1, 0.15) is 5.75 Å². The van der Waals surface area contributed by atoms with Crippen LogP contribution in [0, 0.1) is 5.92 Å². The van der Waals surface area contributed by atoms with Gasteiger partial charge in [-0.2, -0.15) is 0 Å². The topological polar surface area (TPSA) is 69.7 Å². The molecule has 20 heavy (non-hydrogen) atoms. The van der Waals surface area contributed by atoms with Crippen molar-refractivity contribution in [3.63, 3.8) is 0 Å². The molecule has 0 aliphatic heterocycles. The lowest BCUT2D eigenvalue weighted by Gasteiger charge is -2.14. The van der Waals surface area contributed by atoms with Gasteiger partial charge in [-0.15, -0.1) is 0 Å². The molecule has 0 saturated heterocycles. The molecular weight excluding hydrogens is 304 g/mol. The van der Waals surface area contributed by atoms with Crippen LogP contribution in [-0.2, 0) is 13.8 Å². The standard InChI is InChI=1S/C13H17ClO5S/c1-3-10(9-20(14,16)17)8-19-12-6-4-5-11(7-12)13(15)18-2/h4-7,10H,3,8-9H2,1-2H3. The zero-order valence-corrected chi connectivity index (χ0v) is 12.9. The third kappa shape index (κ3) is 5.79. The summed E-state index contributed by atoms with van der Waals surface area (Å²) in [6.45, 7) is 2.08. The molecule has 1 unspecified atom stereocenters. The predicted octanol–water partition coefficient (Wildman–Crippen LogP) is 2.45. The summed E-state index contributed by atoms with van der Waals surface area (Å²) in [4.78, 5) is 11.4. The molecule has 0 aliphatic rings. The van der Waals surface area contributed by atoms with Crippen LogP contribution >= 0.6 is 10.7 Å². The number of methoxy groups -OCH3 is 1. The minimum atomic E-state index is -3.55. The number of rotatable bonds is 7. The molecular formula is C13H17ClO5S. The van der Waals surface area contributed by atoms with Crippen LogP contribution in [0.15, 0.2) is 24.3 Å². The van der Waals surface area contributed by atoms with Crippen molar-refractivity contribution in [3.8, 4) is 5.75 Å². The van der Waals surface area contributed by atoms with E-state index in [1.165, 1.54) is 7.11 Å². The van der Waals surface area contributed by atoms with Gasteiger partial charge in [0.25, 0.3) is 0 Å². The first-order chi connectivity index (χ1) is 9.35. The van der Waals surface area contributed by atoms with E-state index in [1.807, 2.05) is 6.92 Å². The number of carbonyl (C=O) groups is 1. The minimum Gasteiger partial charge on any atom is -0.493 e. The normalized spacial score (nSPS) is 12.8. The van der Waals surface area contributed by atoms with Crippen LogP contribution < -0.4 is 4.74 Å². The summed E-state index contributed by atoms with van der Waals surface area (Å²) in [7, 11) is 2.98. The highest BCUT2D eigenvalue weighted by atomic mass is 35.7. The Morgan fingerprint density at radius 2 is 2.10 bits per heavy atom. The van der Waals surface area contributed by atoms with E-state index in [0.29, 0.717) is 17.7 Å². The Kier molecular flexibility index (Phi) is 6.29. The molecule has 0 saturated carbocycles.